The molecule has 0 saturated heterocycles. The maximum absolute atomic E-state index is 11.8. The third-order valence-electron chi connectivity index (χ3n) is 2.50. The summed E-state index contributed by atoms with van der Waals surface area (Å²) in [5.74, 6) is 0.234. The summed E-state index contributed by atoms with van der Waals surface area (Å²) in [5, 5.41) is 2.88. The van der Waals surface area contributed by atoms with Crippen molar-refractivity contribution in [2.45, 2.75) is 32.9 Å². The Bertz CT molecular complexity index is 501. The number of nitrogens with zero attached hydrogens (tertiary/aromatic N) is 2. The van der Waals surface area contributed by atoms with Gasteiger partial charge >= 0.3 is 0 Å². The Morgan fingerprint density at radius 1 is 1.63 bits per heavy atom. The highest BCUT2D eigenvalue weighted by atomic mass is 35.5. The lowest BCUT2D eigenvalue weighted by molar-refractivity contribution is -0.122. The number of amides is 1. The van der Waals surface area contributed by atoms with E-state index in [0.717, 1.165) is 0 Å². The highest BCUT2D eigenvalue weighted by Crippen LogP contribution is 2.03. The van der Waals surface area contributed by atoms with Crippen molar-refractivity contribution < 1.29 is 9.53 Å². The van der Waals surface area contributed by atoms with Crippen LogP contribution in [0.1, 0.15) is 19.7 Å². The van der Waals surface area contributed by atoms with Crippen molar-refractivity contribution in [2.24, 2.45) is 0 Å². The molecule has 6 nitrogen and oxygen atoms in total. The zero-order chi connectivity index (χ0) is 14.4. The second-order valence-corrected chi connectivity index (χ2v) is 4.58. The van der Waals surface area contributed by atoms with Gasteiger partial charge in [-0.15, -0.1) is 0 Å². The van der Waals surface area contributed by atoms with Crippen LogP contribution in [-0.2, 0) is 22.5 Å². The first-order valence-electron chi connectivity index (χ1n) is 6.02. The lowest BCUT2D eigenvalue weighted by atomic mass is 10.3. The smallest absolute Gasteiger partial charge is 0.255 e. The molecule has 0 spiro atoms. The molecular weight excluding hydrogens is 270 g/mol. The summed E-state index contributed by atoms with van der Waals surface area (Å²) in [6, 6.07) is 1.09. The molecule has 0 bridgehead atoms. The van der Waals surface area contributed by atoms with Gasteiger partial charge in [0.15, 0.2) is 0 Å². The predicted octanol–water partition coefficient (Wildman–Crippen LogP) is 0.610. The van der Waals surface area contributed by atoms with Crippen molar-refractivity contribution in [1.29, 1.82) is 0 Å². The van der Waals surface area contributed by atoms with Crippen LogP contribution in [0.5, 0.6) is 0 Å². The second kappa shape index (κ2) is 7.25. The van der Waals surface area contributed by atoms with E-state index in [1.165, 1.54) is 10.6 Å². The van der Waals surface area contributed by atoms with Gasteiger partial charge in [0.05, 0.1) is 6.61 Å². The van der Waals surface area contributed by atoms with E-state index in [0.29, 0.717) is 18.9 Å². The second-order valence-electron chi connectivity index (χ2n) is 4.20. The van der Waals surface area contributed by atoms with Crippen molar-refractivity contribution in [3.8, 4) is 0 Å². The van der Waals surface area contributed by atoms with Crippen LogP contribution in [0, 0.1) is 0 Å². The standard InChI is InChI=1S/C12H18ClN3O3/c1-4-10-15-9(13)5-12(18)16(10)6-11(17)14-8(2)7-19-3/h5,8H,4,6-7H2,1-3H3,(H,14,17). The Balaban J connectivity index is 2.82. The minimum atomic E-state index is -0.327. The van der Waals surface area contributed by atoms with E-state index in [1.807, 2.05) is 13.8 Å². The van der Waals surface area contributed by atoms with Gasteiger partial charge in [0, 0.05) is 25.6 Å². The van der Waals surface area contributed by atoms with Crippen LogP contribution in [0.2, 0.25) is 5.15 Å². The van der Waals surface area contributed by atoms with E-state index in [2.05, 4.69) is 10.3 Å². The van der Waals surface area contributed by atoms with Crippen molar-refractivity contribution in [3.05, 3.63) is 27.4 Å². The number of aryl methyl sites for hydroxylation is 1. The number of carbonyl (C=O) groups is 1. The molecule has 0 aliphatic carbocycles. The number of aromatic nitrogens is 2. The topological polar surface area (TPSA) is 73.2 Å². The van der Waals surface area contributed by atoms with Crippen LogP contribution < -0.4 is 10.9 Å². The summed E-state index contributed by atoms with van der Waals surface area (Å²) in [6.07, 6.45) is 0.525. The third-order valence-corrected chi connectivity index (χ3v) is 2.69. The molecule has 1 N–H and O–H groups in total. The van der Waals surface area contributed by atoms with Gasteiger partial charge in [0.1, 0.15) is 17.5 Å². The van der Waals surface area contributed by atoms with E-state index in [9.17, 15) is 9.59 Å². The number of nitrogens with one attached hydrogen (secondary N) is 1. The number of carbonyl (C=O) groups excluding carboxylic acids is 1. The molecule has 1 rings (SSSR count). The highest BCUT2D eigenvalue weighted by molar-refractivity contribution is 6.29. The molecule has 1 atom stereocenters. The summed E-state index contributed by atoms with van der Waals surface area (Å²) < 4.78 is 6.25. The number of methoxy groups -OCH3 is 1. The number of halogens is 1. The molecule has 0 aliphatic heterocycles. The molecule has 0 saturated carbocycles. The number of rotatable bonds is 6. The first-order chi connectivity index (χ1) is 8.97. The van der Waals surface area contributed by atoms with E-state index in [-0.39, 0.29) is 29.2 Å². The van der Waals surface area contributed by atoms with Gasteiger partial charge in [-0.2, -0.15) is 0 Å². The first-order valence-corrected chi connectivity index (χ1v) is 6.40. The van der Waals surface area contributed by atoms with Crippen LogP contribution in [0.15, 0.2) is 10.9 Å². The molecule has 1 heterocycles. The Hall–Kier alpha value is -1.40. The maximum Gasteiger partial charge on any atom is 0.255 e. The summed E-state index contributed by atoms with van der Waals surface area (Å²) in [6.45, 7) is 4.02. The Morgan fingerprint density at radius 3 is 2.89 bits per heavy atom. The molecule has 0 radical (unpaired) electrons. The minimum absolute atomic E-state index is 0.0692. The average molecular weight is 288 g/mol. The number of hydrogen-bond donors (Lipinski definition) is 1. The van der Waals surface area contributed by atoms with E-state index < -0.39 is 0 Å². The molecule has 1 unspecified atom stereocenters. The molecule has 0 aliphatic rings. The Kier molecular flexibility index (Phi) is 5.98. The molecule has 106 valence electrons. The first kappa shape index (κ1) is 15.7. The van der Waals surface area contributed by atoms with E-state index in [1.54, 1.807) is 7.11 Å². The SMILES string of the molecule is CCc1nc(Cl)cc(=O)n1CC(=O)NC(C)COC. The van der Waals surface area contributed by atoms with Gasteiger partial charge in [-0.1, -0.05) is 18.5 Å². The molecule has 1 aromatic rings. The van der Waals surface area contributed by atoms with Crippen molar-refractivity contribution in [1.82, 2.24) is 14.9 Å². The summed E-state index contributed by atoms with van der Waals surface area (Å²) >= 11 is 5.72. The molecule has 1 aromatic heterocycles. The van der Waals surface area contributed by atoms with Crippen LogP contribution in [-0.4, -0.2) is 35.2 Å². The van der Waals surface area contributed by atoms with Crippen LogP contribution in [0.25, 0.3) is 0 Å². The molecule has 0 aromatic carbocycles. The van der Waals surface area contributed by atoms with Crippen molar-refractivity contribution >= 4 is 17.5 Å². The number of ether oxygens (including phenoxy) is 1. The maximum atomic E-state index is 11.8. The summed E-state index contributed by atoms with van der Waals surface area (Å²) in [7, 11) is 1.56. The lowest BCUT2D eigenvalue weighted by Crippen LogP contribution is -2.40. The largest absolute Gasteiger partial charge is 0.383 e. The quantitative estimate of drug-likeness (QED) is 0.778. The van der Waals surface area contributed by atoms with Crippen molar-refractivity contribution in [3.63, 3.8) is 0 Å². The molecule has 19 heavy (non-hydrogen) atoms. The summed E-state index contributed by atoms with van der Waals surface area (Å²) in [4.78, 5) is 27.7. The van der Waals surface area contributed by atoms with E-state index >= 15 is 0 Å². The van der Waals surface area contributed by atoms with E-state index in [4.69, 9.17) is 16.3 Å². The molecule has 1 amide bonds. The summed E-state index contributed by atoms with van der Waals surface area (Å²) in [5.41, 5.74) is -0.327. The van der Waals surface area contributed by atoms with Crippen molar-refractivity contribution in [2.75, 3.05) is 13.7 Å². The third kappa shape index (κ3) is 4.65. The van der Waals surface area contributed by atoms with Crippen LogP contribution >= 0.6 is 11.6 Å². The monoisotopic (exact) mass is 287 g/mol. The van der Waals surface area contributed by atoms with Crippen LogP contribution in [0.4, 0.5) is 0 Å². The van der Waals surface area contributed by atoms with Gasteiger partial charge in [-0.05, 0) is 6.92 Å². The number of hydrogen-bond acceptors (Lipinski definition) is 4. The fourth-order valence-electron chi connectivity index (χ4n) is 1.72. The van der Waals surface area contributed by atoms with Gasteiger partial charge < -0.3 is 10.1 Å². The van der Waals surface area contributed by atoms with Gasteiger partial charge in [0.2, 0.25) is 5.91 Å². The van der Waals surface area contributed by atoms with Gasteiger partial charge in [-0.25, -0.2) is 4.98 Å². The normalized spacial score (nSPS) is 12.2. The molecule has 0 fully saturated rings. The lowest BCUT2D eigenvalue weighted by Gasteiger charge is -2.15. The zero-order valence-corrected chi connectivity index (χ0v) is 12.0. The molecule has 7 heteroatoms. The minimum Gasteiger partial charge on any atom is -0.383 e. The zero-order valence-electron chi connectivity index (χ0n) is 11.3. The molecular formula is C12H18ClN3O3. The highest BCUT2D eigenvalue weighted by Gasteiger charge is 2.12. The fourth-order valence-corrected chi connectivity index (χ4v) is 1.91. The van der Waals surface area contributed by atoms with Gasteiger partial charge in [-0.3, -0.25) is 14.2 Å². The fraction of sp³-hybridized carbons (Fsp3) is 0.583. The Labute approximate surface area is 116 Å². The van der Waals surface area contributed by atoms with Gasteiger partial charge in [0.25, 0.3) is 5.56 Å². The van der Waals surface area contributed by atoms with Crippen LogP contribution in [0.3, 0.4) is 0 Å². The average Bonchev–Trinajstić information content (AvgIpc) is 2.32. The Morgan fingerprint density at radius 2 is 2.32 bits per heavy atom. The predicted molar refractivity (Wildman–Crippen MR) is 72.4 cm³/mol.